The van der Waals surface area contributed by atoms with Gasteiger partial charge in [0.25, 0.3) is 10.0 Å². The lowest BCUT2D eigenvalue weighted by molar-refractivity contribution is -0.120. The molecule has 3 rings (SSSR count). The summed E-state index contributed by atoms with van der Waals surface area (Å²) in [6.07, 6.45) is 1.08. The van der Waals surface area contributed by atoms with E-state index in [-0.39, 0.29) is 16.5 Å². The lowest BCUT2D eigenvalue weighted by Crippen LogP contribution is -2.27. The summed E-state index contributed by atoms with van der Waals surface area (Å²) in [5, 5.41) is 7.91. The summed E-state index contributed by atoms with van der Waals surface area (Å²) in [5.41, 5.74) is 2.35. The fraction of sp³-hybridized carbons (Fsp3) is 0.190. The van der Waals surface area contributed by atoms with Crippen LogP contribution in [0.15, 0.2) is 76.3 Å². The Morgan fingerprint density at radius 3 is 2.31 bits per heavy atom. The molecule has 1 amide bonds. The maximum absolute atomic E-state index is 12.2. The summed E-state index contributed by atoms with van der Waals surface area (Å²) < 4.78 is 27.2. The Bertz CT molecular complexity index is 1000. The Hall–Kier alpha value is -2.84. The van der Waals surface area contributed by atoms with Gasteiger partial charge in [0.2, 0.25) is 5.91 Å². The number of hydrogen-bond donors (Lipinski definition) is 3. The molecule has 0 unspecified atom stereocenters. The summed E-state index contributed by atoms with van der Waals surface area (Å²) in [4.78, 5) is 12.1. The van der Waals surface area contributed by atoms with Crippen molar-refractivity contribution < 1.29 is 13.2 Å². The van der Waals surface area contributed by atoms with Crippen LogP contribution in [-0.2, 0) is 21.2 Å². The molecule has 0 fully saturated rings. The molecular weight excluding hydrogens is 406 g/mol. The summed E-state index contributed by atoms with van der Waals surface area (Å²) in [6, 6.07) is 20.0. The second-order valence-corrected chi connectivity index (χ2v) is 9.26. The highest BCUT2D eigenvalue weighted by Gasteiger charge is 2.15. The third kappa shape index (κ3) is 6.62. The van der Waals surface area contributed by atoms with Gasteiger partial charge in [-0.2, -0.15) is 0 Å². The predicted octanol–water partition coefficient (Wildman–Crippen LogP) is 3.71. The van der Waals surface area contributed by atoms with Crippen LogP contribution in [0.25, 0.3) is 0 Å². The van der Waals surface area contributed by atoms with Crippen molar-refractivity contribution in [3.8, 4) is 0 Å². The summed E-state index contributed by atoms with van der Waals surface area (Å²) in [5.74, 6) is -0.0587. The number of thiophene rings is 1. The van der Waals surface area contributed by atoms with Crippen LogP contribution in [0.5, 0.6) is 0 Å². The van der Waals surface area contributed by atoms with Crippen molar-refractivity contribution in [2.24, 2.45) is 0 Å². The number of carbonyl (C=O) groups excluding carboxylic acids is 1. The number of sulfonamides is 1. The zero-order valence-corrected chi connectivity index (χ0v) is 17.4. The first kappa shape index (κ1) is 20.9. The molecule has 1 heterocycles. The Labute approximate surface area is 175 Å². The lowest BCUT2D eigenvalue weighted by Gasteiger charge is -2.09. The van der Waals surface area contributed by atoms with E-state index >= 15 is 0 Å². The zero-order valence-electron chi connectivity index (χ0n) is 15.8. The van der Waals surface area contributed by atoms with Crippen LogP contribution in [0.4, 0.5) is 11.4 Å². The molecule has 0 aliphatic carbocycles. The van der Waals surface area contributed by atoms with E-state index in [1.54, 1.807) is 41.8 Å². The van der Waals surface area contributed by atoms with Gasteiger partial charge in [0.1, 0.15) is 4.21 Å². The van der Waals surface area contributed by atoms with Gasteiger partial charge >= 0.3 is 0 Å². The molecule has 8 heteroatoms. The molecule has 0 radical (unpaired) electrons. The van der Waals surface area contributed by atoms with E-state index in [0.29, 0.717) is 12.2 Å². The average molecular weight is 430 g/mol. The van der Waals surface area contributed by atoms with Crippen molar-refractivity contribution >= 4 is 38.6 Å². The largest absolute Gasteiger partial charge is 0.385 e. The van der Waals surface area contributed by atoms with Gasteiger partial charge < -0.3 is 10.6 Å². The molecule has 0 atom stereocenters. The van der Waals surface area contributed by atoms with Crippen LogP contribution < -0.4 is 15.4 Å². The molecule has 3 aromatic rings. The Balaban J connectivity index is 1.39. The third-order valence-electron chi connectivity index (χ3n) is 4.11. The highest BCUT2D eigenvalue weighted by molar-refractivity contribution is 7.94. The second kappa shape index (κ2) is 10.1. The minimum absolute atomic E-state index is 0.0587. The van der Waals surface area contributed by atoms with Gasteiger partial charge in [0, 0.05) is 24.5 Å². The molecule has 0 aliphatic heterocycles. The fourth-order valence-electron chi connectivity index (χ4n) is 2.67. The van der Waals surface area contributed by atoms with Crippen molar-refractivity contribution in [3.63, 3.8) is 0 Å². The van der Waals surface area contributed by atoms with E-state index < -0.39 is 10.0 Å². The van der Waals surface area contributed by atoms with Gasteiger partial charge in [-0.25, -0.2) is 8.42 Å². The maximum atomic E-state index is 12.2. The lowest BCUT2D eigenvalue weighted by atomic mass is 10.1. The number of benzene rings is 2. The van der Waals surface area contributed by atoms with Crippen molar-refractivity contribution in [1.82, 2.24) is 5.32 Å². The van der Waals surface area contributed by atoms with E-state index in [2.05, 4.69) is 15.4 Å². The maximum Gasteiger partial charge on any atom is 0.271 e. The highest BCUT2D eigenvalue weighted by atomic mass is 32.2. The van der Waals surface area contributed by atoms with Crippen LogP contribution in [0.3, 0.4) is 0 Å². The molecule has 152 valence electrons. The van der Waals surface area contributed by atoms with Gasteiger partial charge in [-0.3, -0.25) is 9.52 Å². The van der Waals surface area contributed by atoms with Crippen LogP contribution in [0, 0.1) is 0 Å². The van der Waals surface area contributed by atoms with Crippen LogP contribution in [-0.4, -0.2) is 27.4 Å². The number of anilines is 2. The molecule has 2 aromatic carbocycles. The van der Waals surface area contributed by atoms with Gasteiger partial charge in [0.15, 0.2) is 0 Å². The van der Waals surface area contributed by atoms with E-state index in [0.717, 1.165) is 35.6 Å². The first-order valence-electron chi connectivity index (χ1n) is 9.24. The quantitative estimate of drug-likeness (QED) is 0.429. The highest BCUT2D eigenvalue weighted by Crippen LogP contribution is 2.20. The molecule has 0 spiro atoms. The number of amides is 1. The molecule has 1 aromatic heterocycles. The third-order valence-corrected chi connectivity index (χ3v) is 6.89. The zero-order chi connectivity index (χ0) is 20.5. The molecule has 0 saturated heterocycles. The van der Waals surface area contributed by atoms with E-state index in [4.69, 9.17) is 0 Å². The number of rotatable bonds is 10. The Morgan fingerprint density at radius 2 is 1.62 bits per heavy atom. The van der Waals surface area contributed by atoms with Crippen LogP contribution >= 0.6 is 11.3 Å². The topological polar surface area (TPSA) is 87.3 Å². The summed E-state index contributed by atoms with van der Waals surface area (Å²) in [6.45, 7) is 1.38. The van der Waals surface area contributed by atoms with E-state index in [1.165, 1.54) is 0 Å². The minimum atomic E-state index is -3.56. The average Bonchev–Trinajstić information content (AvgIpc) is 3.26. The van der Waals surface area contributed by atoms with Gasteiger partial charge in [-0.1, -0.05) is 36.4 Å². The Morgan fingerprint density at radius 1 is 0.862 bits per heavy atom. The molecular formula is C21H23N3O3S2. The van der Waals surface area contributed by atoms with Gasteiger partial charge in [-0.15, -0.1) is 11.3 Å². The number of carbonyl (C=O) groups is 1. The number of nitrogens with one attached hydrogen (secondary N) is 3. The molecule has 0 bridgehead atoms. The van der Waals surface area contributed by atoms with Crippen LogP contribution in [0.2, 0.25) is 0 Å². The minimum Gasteiger partial charge on any atom is -0.385 e. The molecule has 0 aliphatic rings. The standard InChI is InChI=1S/C21H23N3O3S2/c25-20(23-14-5-13-22-18-6-2-1-3-7-18)16-17-9-11-19(12-10-17)24-29(26,27)21-8-4-15-28-21/h1-4,6-12,15,22,24H,5,13-14,16H2,(H,23,25). The monoisotopic (exact) mass is 429 g/mol. The fourth-order valence-corrected chi connectivity index (χ4v) is 4.72. The van der Waals surface area contributed by atoms with Crippen molar-refractivity contribution in [3.05, 3.63) is 77.7 Å². The first-order chi connectivity index (χ1) is 14.0. The number of hydrogen-bond acceptors (Lipinski definition) is 5. The van der Waals surface area contributed by atoms with E-state index in [9.17, 15) is 13.2 Å². The number of para-hydroxylation sites is 1. The predicted molar refractivity (Wildman–Crippen MR) is 118 cm³/mol. The van der Waals surface area contributed by atoms with E-state index in [1.807, 2.05) is 30.3 Å². The van der Waals surface area contributed by atoms with Crippen molar-refractivity contribution in [2.75, 3.05) is 23.1 Å². The molecule has 6 nitrogen and oxygen atoms in total. The van der Waals surface area contributed by atoms with Gasteiger partial charge in [0.05, 0.1) is 6.42 Å². The van der Waals surface area contributed by atoms with Crippen molar-refractivity contribution in [1.29, 1.82) is 0 Å². The second-order valence-electron chi connectivity index (χ2n) is 6.41. The Kier molecular flexibility index (Phi) is 7.26. The van der Waals surface area contributed by atoms with Crippen molar-refractivity contribution in [2.45, 2.75) is 17.1 Å². The molecule has 0 saturated carbocycles. The first-order valence-corrected chi connectivity index (χ1v) is 11.6. The van der Waals surface area contributed by atoms with Gasteiger partial charge in [-0.05, 0) is 47.7 Å². The normalized spacial score (nSPS) is 11.0. The molecule has 3 N–H and O–H groups in total. The SMILES string of the molecule is O=C(Cc1ccc(NS(=O)(=O)c2cccs2)cc1)NCCCNc1ccccc1. The molecule has 29 heavy (non-hydrogen) atoms. The summed E-state index contributed by atoms with van der Waals surface area (Å²) in [7, 11) is -3.56. The van der Waals surface area contributed by atoms with Crippen LogP contribution in [0.1, 0.15) is 12.0 Å². The smallest absolute Gasteiger partial charge is 0.271 e. The summed E-state index contributed by atoms with van der Waals surface area (Å²) >= 11 is 1.16.